The van der Waals surface area contributed by atoms with Crippen molar-refractivity contribution in [3.05, 3.63) is 64.5 Å². The topological polar surface area (TPSA) is 80.8 Å². The van der Waals surface area contributed by atoms with E-state index in [4.69, 9.17) is 9.47 Å². The minimum absolute atomic E-state index is 0.252. The van der Waals surface area contributed by atoms with Crippen LogP contribution in [0.4, 0.5) is 0 Å². The van der Waals surface area contributed by atoms with E-state index >= 15 is 0 Å². The van der Waals surface area contributed by atoms with Gasteiger partial charge in [0.25, 0.3) is 5.91 Å². The Morgan fingerprint density at radius 2 is 1.74 bits per heavy atom. The number of hydrogen-bond acceptors (Lipinski definition) is 6. The van der Waals surface area contributed by atoms with Gasteiger partial charge in [-0.1, -0.05) is 24.3 Å². The summed E-state index contributed by atoms with van der Waals surface area (Å²) in [5.74, 6) is -0.709. The van der Waals surface area contributed by atoms with Gasteiger partial charge in [0.15, 0.2) is 0 Å². The van der Waals surface area contributed by atoms with Crippen LogP contribution in [0.25, 0.3) is 0 Å². The van der Waals surface area contributed by atoms with Gasteiger partial charge in [0.1, 0.15) is 5.69 Å². The average Bonchev–Trinajstić information content (AvgIpc) is 2.72. The monoisotopic (exact) mass is 425 g/mol. The minimum atomic E-state index is -0.430. The highest BCUT2D eigenvalue weighted by Crippen LogP contribution is 2.15. The Hall–Kier alpha value is -2.77. The Kier molecular flexibility index (Phi) is 7.76. The second-order valence-corrected chi connectivity index (χ2v) is 8.00. The summed E-state index contributed by atoms with van der Waals surface area (Å²) >= 11 is 0. The first-order valence-electron chi connectivity index (χ1n) is 10.7. The van der Waals surface area contributed by atoms with Gasteiger partial charge in [-0.15, -0.1) is 0 Å². The van der Waals surface area contributed by atoms with Gasteiger partial charge in [0, 0.05) is 26.2 Å². The second-order valence-electron chi connectivity index (χ2n) is 8.00. The molecule has 1 aromatic heterocycles. The number of ether oxygens (including phenoxy) is 2. The molecule has 0 spiro atoms. The van der Waals surface area contributed by atoms with E-state index in [1.165, 1.54) is 5.56 Å². The first-order valence-corrected chi connectivity index (χ1v) is 10.7. The van der Waals surface area contributed by atoms with E-state index in [1.54, 1.807) is 26.0 Å². The summed E-state index contributed by atoms with van der Waals surface area (Å²) < 4.78 is 10.8. The van der Waals surface area contributed by atoms with Crippen molar-refractivity contribution in [1.82, 2.24) is 15.2 Å². The maximum atomic E-state index is 12.5. The average molecular weight is 426 g/mol. The fourth-order valence-electron chi connectivity index (χ4n) is 3.82. The van der Waals surface area contributed by atoms with Crippen molar-refractivity contribution >= 4 is 11.9 Å². The molecule has 2 aromatic rings. The smallest absolute Gasteiger partial charge is 0.339 e. The van der Waals surface area contributed by atoms with E-state index in [0.717, 1.165) is 25.2 Å². The maximum Gasteiger partial charge on any atom is 0.339 e. The number of amides is 1. The van der Waals surface area contributed by atoms with Crippen LogP contribution in [-0.4, -0.2) is 53.7 Å². The third-order valence-corrected chi connectivity index (χ3v) is 5.19. The van der Waals surface area contributed by atoms with Gasteiger partial charge >= 0.3 is 5.97 Å². The molecule has 3 rings (SSSR count). The van der Waals surface area contributed by atoms with Crippen LogP contribution in [0.15, 0.2) is 36.4 Å². The Balaban J connectivity index is 1.53. The molecule has 166 valence electrons. The number of morpholine rings is 1. The molecule has 2 unspecified atom stereocenters. The standard InChI is InChI=1S/C24H31N3O4/c1-5-30-24(29)21-10-11-22(26-18(21)4)23(28)25-12-19-6-8-20(9-7-19)15-27-13-16(2)31-17(3)14-27/h6-11,16-17H,5,12-15H2,1-4H3,(H,25,28). The number of nitrogens with one attached hydrogen (secondary N) is 1. The molecule has 0 aliphatic carbocycles. The predicted octanol–water partition coefficient (Wildman–Crippen LogP) is 3.11. The summed E-state index contributed by atoms with van der Waals surface area (Å²) in [4.78, 5) is 31.0. The molecule has 0 bridgehead atoms. The number of aryl methyl sites for hydroxylation is 1. The molecule has 31 heavy (non-hydrogen) atoms. The van der Waals surface area contributed by atoms with Gasteiger partial charge in [0.2, 0.25) is 0 Å². The van der Waals surface area contributed by atoms with E-state index in [0.29, 0.717) is 24.4 Å². The van der Waals surface area contributed by atoms with Crippen LogP contribution < -0.4 is 5.32 Å². The molecule has 2 atom stereocenters. The van der Waals surface area contributed by atoms with Crippen LogP contribution in [0.1, 0.15) is 58.4 Å². The Labute approximate surface area is 183 Å². The van der Waals surface area contributed by atoms with Crippen LogP contribution in [-0.2, 0) is 22.6 Å². The highest BCUT2D eigenvalue weighted by molar-refractivity contribution is 5.95. The largest absolute Gasteiger partial charge is 0.462 e. The van der Waals surface area contributed by atoms with Gasteiger partial charge in [-0.3, -0.25) is 9.69 Å². The van der Waals surface area contributed by atoms with E-state index in [9.17, 15) is 9.59 Å². The van der Waals surface area contributed by atoms with Crippen LogP contribution in [0.2, 0.25) is 0 Å². The quantitative estimate of drug-likeness (QED) is 0.687. The van der Waals surface area contributed by atoms with Crippen LogP contribution >= 0.6 is 0 Å². The van der Waals surface area contributed by atoms with E-state index in [-0.39, 0.29) is 23.8 Å². The van der Waals surface area contributed by atoms with Gasteiger partial charge in [-0.25, -0.2) is 9.78 Å². The highest BCUT2D eigenvalue weighted by Gasteiger charge is 2.22. The molecule has 1 saturated heterocycles. The summed E-state index contributed by atoms with van der Waals surface area (Å²) in [6.45, 7) is 11.1. The zero-order valence-electron chi connectivity index (χ0n) is 18.7. The number of aromatic nitrogens is 1. The molecule has 1 N–H and O–H groups in total. The second kappa shape index (κ2) is 10.5. The van der Waals surface area contributed by atoms with Crippen molar-refractivity contribution in [2.75, 3.05) is 19.7 Å². The first-order chi connectivity index (χ1) is 14.9. The lowest BCUT2D eigenvalue weighted by Gasteiger charge is -2.35. The fourth-order valence-corrected chi connectivity index (χ4v) is 3.82. The number of hydrogen-bond donors (Lipinski definition) is 1. The number of esters is 1. The summed E-state index contributed by atoms with van der Waals surface area (Å²) in [5.41, 5.74) is 3.38. The molecule has 2 heterocycles. The van der Waals surface area contributed by atoms with Gasteiger partial charge in [0.05, 0.1) is 30.1 Å². The SMILES string of the molecule is CCOC(=O)c1ccc(C(=O)NCc2ccc(CN3CC(C)OC(C)C3)cc2)nc1C. The van der Waals surface area contributed by atoms with Crippen molar-refractivity contribution in [1.29, 1.82) is 0 Å². The van der Waals surface area contributed by atoms with Crippen molar-refractivity contribution in [2.24, 2.45) is 0 Å². The molecular weight excluding hydrogens is 394 g/mol. The number of rotatable bonds is 7. The Morgan fingerprint density at radius 1 is 1.10 bits per heavy atom. The molecule has 1 aliphatic heterocycles. The fraction of sp³-hybridized carbons (Fsp3) is 0.458. The molecule has 0 radical (unpaired) electrons. The van der Waals surface area contributed by atoms with E-state index < -0.39 is 5.97 Å². The van der Waals surface area contributed by atoms with Gasteiger partial charge in [-0.2, -0.15) is 0 Å². The minimum Gasteiger partial charge on any atom is -0.462 e. The van der Waals surface area contributed by atoms with E-state index in [1.807, 2.05) is 12.1 Å². The van der Waals surface area contributed by atoms with Crippen LogP contribution in [0, 0.1) is 6.92 Å². The lowest BCUT2D eigenvalue weighted by molar-refractivity contribution is -0.0704. The van der Waals surface area contributed by atoms with Gasteiger partial charge in [-0.05, 0) is 51.0 Å². The summed E-state index contributed by atoms with van der Waals surface area (Å²) in [6, 6.07) is 11.4. The molecule has 1 amide bonds. The zero-order chi connectivity index (χ0) is 22.4. The number of carbonyl (C=O) groups is 2. The van der Waals surface area contributed by atoms with Crippen molar-refractivity contribution in [3.8, 4) is 0 Å². The molecule has 1 fully saturated rings. The molecule has 1 aromatic carbocycles. The molecule has 0 saturated carbocycles. The predicted molar refractivity (Wildman–Crippen MR) is 118 cm³/mol. The zero-order valence-corrected chi connectivity index (χ0v) is 18.7. The van der Waals surface area contributed by atoms with Gasteiger partial charge < -0.3 is 14.8 Å². The van der Waals surface area contributed by atoms with Crippen molar-refractivity contribution < 1.29 is 19.1 Å². The first kappa shape index (κ1) is 22.9. The molecule has 7 nitrogen and oxygen atoms in total. The number of carbonyl (C=O) groups excluding carboxylic acids is 2. The lowest BCUT2D eigenvalue weighted by Crippen LogP contribution is -2.44. The maximum absolute atomic E-state index is 12.5. The van der Waals surface area contributed by atoms with Crippen LogP contribution in [0.3, 0.4) is 0 Å². The van der Waals surface area contributed by atoms with E-state index in [2.05, 4.69) is 41.2 Å². The lowest BCUT2D eigenvalue weighted by atomic mass is 10.1. The summed E-state index contributed by atoms with van der Waals surface area (Å²) in [6.07, 6.45) is 0.503. The third-order valence-electron chi connectivity index (χ3n) is 5.19. The molecular formula is C24H31N3O4. The molecule has 1 aliphatic rings. The van der Waals surface area contributed by atoms with Crippen LogP contribution in [0.5, 0.6) is 0 Å². The molecule has 7 heteroatoms. The van der Waals surface area contributed by atoms with Crippen molar-refractivity contribution in [3.63, 3.8) is 0 Å². The highest BCUT2D eigenvalue weighted by atomic mass is 16.5. The number of benzene rings is 1. The number of pyridine rings is 1. The summed E-state index contributed by atoms with van der Waals surface area (Å²) in [7, 11) is 0. The third kappa shape index (κ3) is 6.35. The van der Waals surface area contributed by atoms with Crippen molar-refractivity contribution in [2.45, 2.75) is 53.0 Å². The normalized spacial score (nSPS) is 19.1. The Morgan fingerprint density at radius 3 is 2.35 bits per heavy atom. The number of nitrogens with zero attached hydrogens (tertiary/aromatic N) is 2. The Bertz CT molecular complexity index is 904. The summed E-state index contributed by atoms with van der Waals surface area (Å²) in [5, 5.41) is 2.88.